The first-order valence-electron chi connectivity index (χ1n) is 12.6. The van der Waals surface area contributed by atoms with Crippen molar-refractivity contribution in [1.29, 1.82) is 0 Å². The predicted octanol–water partition coefficient (Wildman–Crippen LogP) is 5.51. The van der Waals surface area contributed by atoms with Crippen LogP contribution in [0.15, 0.2) is 48.7 Å². The first-order chi connectivity index (χ1) is 18.8. The fourth-order valence-corrected chi connectivity index (χ4v) is 4.92. The number of halogens is 3. The van der Waals surface area contributed by atoms with Crippen molar-refractivity contribution >= 4 is 41.0 Å². The van der Waals surface area contributed by atoms with Gasteiger partial charge in [-0.15, -0.1) is 0 Å². The molecule has 4 rings (SSSR count). The quantitative estimate of drug-likeness (QED) is 0.287. The van der Waals surface area contributed by atoms with Crippen LogP contribution in [0.5, 0.6) is 5.75 Å². The molecular formula is C28H30Cl2FN5O4. The molecule has 0 saturated carbocycles. The third-order valence-corrected chi connectivity index (χ3v) is 7.03. The van der Waals surface area contributed by atoms with Crippen molar-refractivity contribution < 1.29 is 23.5 Å². The van der Waals surface area contributed by atoms with E-state index in [-0.39, 0.29) is 27.5 Å². The normalized spacial score (nSPS) is 14.6. The summed E-state index contributed by atoms with van der Waals surface area (Å²) in [4.78, 5) is 32.7. The lowest BCUT2D eigenvalue weighted by molar-refractivity contribution is 0.00799. The fraction of sp³-hybridized carbons (Fsp3) is 0.321. The molecule has 0 aliphatic carbocycles. The molecule has 0 spiro atoms. The number of carbonyl (C=O) groups is 2. The van der Waals surface area contributed by atoms with Gasteiger partial charge < -0.3 is 25.0 Å². The Kier molecular flexibility index (Phi) is 8.72. The van der Waals surface area contributed by atoms with E-state index in [0.29, 0.717) is 42.9 Å². The van der Waals surface area contributed by atoms with Crippen LogP contribution in [-0.2, 0) is 4.74 Å². The van der Waals surface area contributed by atoms with Crippen LogP contribution >= 0.6 is 23.2 Å². The van der Waals surface area contributed by atoms with Crippen molar-refractivity contribution in [2.45, 2.75) is 32.6 Å². The van der Waals surface area contributed by atoms with Crippen LogP contribution in [0.2, 0.25) is 10.0 Å². The molecule has 0 unspecified atom stereocenters. The largest absolute Gasteiger partial charge is 0.482 e. The molecule has 40 heavy (non-hydrogen) atoms. The first-order valence-corrected chi connectivity index (χ1v) is 13.3. The van der Waals surface area contributed by atoms with E-state index in [2.05, 4.69) is 4.98 Å². The average Bonchev–Trinajstić information content (AvgIpc) is 2.91. The highest BCUT2D eigenvalue weighted by atomic mass is 35.5. The summed E-state index contributed by atoms with van der Waals surface area (Å²) in [6.45, 7) is 6.33. The summed E-state index contributed by atoms with van der Waals surface area (Å²) in [6, 6.07) is 11.3. The van der Waals surface area contributed by atoms with E-state index >= 15 is 0 Å². The van der Waals surface area contributed by atoms with E-state index in [9.17, 15) is 14.0 Å². The number of aromatic nitrogens is 1. The number of anilines is 1. The number of nitrogens with zero attached hydrogens (tertiary/aromatic N) is 3. The topological polar surface area (TPSA) is 124 Å². The number of piperazine rings is 1. The van der Waals surface area contributed by atoms with Crippen molar-refractivity contribution in [3.05, 3.63) is 75.7 Å². The Morgan fingerprint density at radius 2 is 1.65 bits per heavy atom. The predicted molar refractivity (Wildman–Crippen MR) is 152 cm³/mol. The summed E-state index contributed by atoms with van der Waals surface area (Å²) in [5.41, 5.74) is 13.0. The second-order valence-corrected chi connectivity index (χ2v) is 10.7. The zero-order valence-corrected chi connectivity index (χ0v) is 23.8. The Morgan fingerprint density at radius 3 is 2.27 bits per heavy atom. The summed E-state index contributed by atoms with van der Waals surface area (Å²) < 4.78 is 25.2. The van der Waals surface area contributed by atoms with Crippen LogP contribution in [0.3, 0.4) is 0 Å². The van der Waals surface area contributed by atoms with Gasteiger partial charge in [-0.1, -0.05) is 35.3 Å². The maximum Gasteiger partial charge on any atom is 0.411 e. The number of ether oxygens (including phenoxy) is 2. The number of hydrogen-bond donors (Lipinski definition) is 2. The lowest BCUT2D eigenvalue weighted by Crippen LogP contribution is -2.52. The maximum atomic E-state index is 14.0. The van der Waals surface area contributed by atoms with Gasteiger partial charge >= 0.3 is 6.09 Å². The minimum Gasteiger partial charge on any atom is -0.482 e. The molecule has 1 atom stereocenters. The molecular weight excluding hydrogens is 560 g/mol. The number of rotatable bonds is 6. The van der Waals surface area contributed by atoms with Gasteiger partial charge in [-0.25, -0.2) is 14.2 Å². The SMILES string of the molecule is C[C@@H](Oc1cc(-c2ccc(C(=O)N3CCN(C(=O)OC(C)(C)N)CC3)cc2)cnc1N)c1c(Cl)ccc(F)c1Cl. The highest BCUT2D eigenvalue weighted by Crippen LogP contribution is 2.37. The van der Waals surface area contributed by atoms with Gasteiger partial charge in [0, 0.05) is 54.1 Å². The van der Waals surface area contributed by atoms with E-state index in [1.165, 1.54) is 17.0 Å². The smallest absolute Gasteiger partial charge is 0.411 e. The van der Waals surface area contributed by atoms with Crippen molar-refractivity contribution in [3.8, 4) is 16.9 Å². The van der Waals surface area contributed by atoms with E-state index in [1.54, 1.807) is 62.2 Å². The van der Waals surface area contributed by atoms with Gasteiger partial charge in [-0.2, -0.15) is 0 Å². The molecule has 3 aromatic rings. The molecule has 1 saturated heterocycles. The minimum absolute atomic E-state index is 0.121. The van der Waals surface area contributed by atoms with E-state index in [1.807, 2.05) is 0 Å². The average molecular weight is 590 g/mol. The monoisotopic (exact) mass is 589 g/mol. The van der Waals surface area contributed by atoms with Gasteiger partial charge in [0.1, 0.15) is 11.9 Å². The molecule has 1 fully saturated rings. The fourth-order valence-electron chi connectivity index (χ4n) is 4.24. The zero-order valence-electron chi connectivity index (χ0n) is 22.3. The van der Waals surface area contributed by atoms with Gasteiger partial charge in [-0.3, -0.25) is 10.5 Å². The van der Waals surface area contributed by atoms with Crippen LogP contribution in [0, 0.1) is 5.82 Å². The Morgan fingerprint density at radius 1 is 1.02 bits per heavy atom. The number of carbonyl (C=O) groups excluding carboxylic acids is 2. The van der Waals surface area contributed by atoms with Gasteiger partial charge in [0.05, 0.1) is 5.02 Å². The van der Waals surface area contributed by atoms with Gasteiger partial charge in [0.2, 0.25) is 0 Å². The summed E-state index contributed by atoms with van der Waals surface area (Å²) in [6.07, 6.45) is 0.382. The molecule has 4 N–H and O–H groups in total. The number of nitrogens with two attached hydrogens (primary N) is 2. The van der Waals surface area contributed by atoms with Crippen molar-refractivity contribution in [1.82, 2.24) is 14.8 Å². The second kappa shape index (κ2) is 11.9. The van der Waals surface area contributed by atoms with Crippen molar-refractivity contribution in [2.75, 3.05) is 31.9 Å². The molecule has 12 heteroatoms. The molecule has 1 aliphatic rings. The highest BCUT2D eigenvalue weighted by Gasteiger charge is 2.28. The van der Waals surface area contributed by atoms with E-state index in [4.69, 9.17) is 44.1 Å². The molecule has 1 aliphatic heterocycles. The van der Waals surface area contributed by atoms with E-state index < -0.39 is 23.7 Å². The standard InChI is InChI=1S/C28H30Cl2FN5O4/c1-16(23-20(29)8-9-21(31)24(23)30)39-22-14-19(15-34-25(22)32)17-4-6-18(7-5-17)26(37)35-10-12-36(13-11-35)27(38)40-28(2,3)33/h4-9,14-16H,10-13,33H2,1-3H3,(H2,32,34)/t16-/m1/s1. The Labute approximate surface area is 241 Å². The Balaban J connectivity index is 1.43. The molecule has 2 amide bonds. The van der Waals surface area contributed by atoms with Crippen LogP contribution in [0.1, 0.15) is 42.8 Å². The van der Waals surface area contributed by atoms with Crippen LogP contribution in [0.25, 0.3) is 11.1 Å². The third kappa shape index (κ3) is 6.75. The zero-order chi connectivity index (χ0) is 29.2. The van der Waals surface area contributed by atoms with Gasteiger partial charge in [0.15, 0.2) is 17.3 Å². The van der Waals surface area contributed by atoms with Gasteiger partial charge in [-0.05, 0) is 56.7 Å². The molecule has 2 heterocycles. The van der Waals surface area contributed by atoms with Crippen molar-refractivity contribution in [2.24, 2.45) is 5.73 Å². The molecule has 212 valence electrons. The maximum absolute atomic E-state index is 14.0. The minimum atomic E-state index is -1.07. The number of pyridine rings is 1. The third-order valence-electron chi connectivity index (χ3n) is 6.31. The molecule has 0 bridgehead atoms. The summed E-state index contributed by atoms with van der Waals surface area (Å²) in [5, 5.41) is 0.145. The molecule has 1 aromatic heterocycles. The molecule has 9 nitrogen and oxygen atoms in total. The van der Waals surface area contributed by atoms with E-state index in [0.717, 1.165) is 5.56 Å². The van der Waals surface area contributed by atoms with Crippen molar-refractivity contribution in [3.63, 3.8) is 0 Å². The number of hydrogen-bond acceptors (Lipinski definition) is 7. The molecule has 2 aromatic carbocycles. The lowest BCUT2D eigenvalue weighted by Gasteiger charge is -2.35. The van der Waals surface area contributed by atoms with Crippen LogP contribution in [-0.4, -0.2) is 58.7 Å². The summed E-state index contributed by atoms with van der Waals surface area (Å²) in [7, 11) is 0. The molecule has 0 radical (unpaired) electrons. The number of amides is 2. The van der Waals surface area contributed by atoms with Crippen LogP contribution in [0.4, 0.5) is 15.0 Å². The van der Waals surface area contributed by atoms with Crippen LogP contribution < -0.4 is 16.2 Å². The first kappa shape index (κ1) is 29.4. The number of benzene rings is 2. The Bertz CT molecular complexity index is 1410. The highest BCUT2D eigenvalue weighted by molar-refractivity contribution is 6.36. The second-order valence-electron chi connectivity index (χ2n) is 9.95. The summed E-state index contributed by atoms with van der Waals surface area (Å²) in [5.74, 6) is -0.332. The lowest BCUT2D eigenvalue weighted by atomic mass is 10.0. The number of nitrogen functional groups attached to an aromatic ring is 1. The van der Waals surface area contributed by atoms with Gasteiger partial charge in [0.25, 0.3) is 5.91 Å². The summed E-state index contributed by atoms with van der Waals surface area (Å²) >= 11 is 12.4. The Hall–Kier alpha value is -3.60.